The highest BCUT2D eigenvalue weighted by atomic mass is 32.2. The largest absolute Gasteiger partial charge is 0.480 e. The summed E-state index contributed by atoms with van der Waals surface area (Å²) < 4.78 is 26.3. The second-order valence-corrected chi connectivity index (χ2v) is 7.49. The van der Waals surface area contributed by atoms with Crippen molar-refractivity contribution in [2.75, 3.05) is 26.2 Å². The summed E-state index contributed by atoms with van der Waals surface area (Å²) in [5.41, 5.74) is 0. The van der Waals surface area contributed by atoms with Gasteiger partial charge in [0.05, 0.1) is 6.54 Å². The lowest BCUT2D eigenvalue weighted by molar-refractivity contribution is -0.139. The van der Waals surface area contributed by atoms with E-state index in [0.717, 1.165) is 12.8 Å². The van der Waals surface area contributed by atoms with Gasteiger partial charge in [-0.1, -0.05) is 13.3 Å². The summed E-state index contributed by atoms with van der Waals surface area (Å²) in [6, 6.07) is 0. The van der Waals surface area contributed by atoms with Crippen LogP contribution in [0.25, 0.3) is 0 Å². The SMILES string of the molecule is CCCCN1CCN(CC(=O)O)C(C)(C)S1(=O)=O. The summed E-state index contributed by atoms with van der Waals surface area (Å²) in [5.74, 6) is -1.000. The zero-order valence-corrected chi connectivity index (χ0v) is 12.0. The standard InChI is InChI=1S/C11H22N2O4S/c1-4-5-6-13-8-7-12(9-10(14)15)11(2,3)18(13,16)17/h4-9H2,1-3H3,(H,14,15). The molecule has 1 N–H and O–H groups in total. The molecule has 0 aromatic rings. The molecule has 0 aromatic carbocycles. The highest BCUT2D eigenvalue weighted by Crippen LogP contribution is 2.29. The smallest absolute Gasteiger partial charge is 0.317 e. The average Bonchev–Trinajstić information content (AvgIpc) is 2.24. The topological polar surface area (TPSA) is 77.9 Å². The molecule has 18 heavy (non-hydrogen) atoms. The molecule has 1 fully saturated rings. The predicted octanol–water partition coefficient (Wildman–Crippen LogP) is 0.555. The van der Waals surface area contributed by atoms with Crippen LogP contribution in [-0.4, -0.2) is 59.7 Å². The van der Waals surface area contributed by atoms with Gasteiger partial charge in [-0.3, -0.25) is 9.69 Å². The minimum Gasteiger partial charge on any atom is -0.480 e. The van der Waals surface area contributed by atoms with Crippen molar-refractivity contribution in [3.05, 3.63) is 0 Å². The first-order valence-corrected chi connectivity index (χ1v) is 7.64. The first-order valence-electron chi connectivity index (χ1n) is 6.20. The van der Waals surface area contributed by atoms with E-state index in [1.807, 2.05) is 6.92 Å². The summed E-state index contributed by atoms with van der Waals surface area (Å²) in [6.45, 7) is 6.27. The Labute approximate surface area is 109 Å². The maximum atomic E-state index is 12.4. The van der Waals surface area contributed by atoms with Crippen LogP contribution in [0, 0.1) is 0 Å². The lowest BCUT2D eigenvalue weighted by Gasteiger charge is -2.45. The second kappa shape index (κ2) is 5.54. The molecule has 1 saturated heterocycles. The average molecular weight is 278 g/mol. The number of hydrogen-bond donors (Lipinski definition) is 1. The molecular formula is C11H22N2O4S. The van der Waals surface area contributed by atoms with Gasteiger partial charge in [0.25, 0.3) is 0 Å². The van der Waals surface area contributed by atoms with Crippen LogP contribution in [0.3, 0.4) is 0 Å². The first kappa shape index (κ1) is 15.4. The fourth-order valence-electron chi connectivity index (χ4n) is 2.10. The number of carboxylic acid groups (broad SMARTS) is 1. The first-order chi connectivity index (χ1) is 8.23. The zero-order valence-electron chi connectivity index (χ0n) is 11.2. The van der Waals surface area contributed by atoms with Gasteiger partial charge in [-0.2, -0.15) is 4.31 Å². The maximum absolute atomic E-state index is 12.4. The maximum Gasteiger partial charge on any atom is 0.317 e. The van der Waals surface area contributed by atoms with Crippen molar-refractivity contribution in [2.45, 2.75) is 38.5 Å². The Balaban J connectivity index is 2.91. The van der Waals surface area contributed by atoms with Crippen molar-refractivity contribution in [3.63, 3.8) is 0 Å². The molecule has 0 aliphatic carbocycles. The van der Waals surface area contributed by atoms with Gasteiger partial charge >= 0.3 is 5.97 Å². The summed E-state index contributed by atoms with van der Waals surface area (Å²) in [7, 11) is -3.47. The quantitative estimate of drug-likeness (QED) is 0.795. The third-order valence-corrected chi connectivity index (χ3v) is 6.00. The van der Waals surface area contributed by atoms with Crippen LogP contribution in [0.2, 0.25) is 0 Å². The third-order valence-electron chi connectivity index (χ3n) is 3.44. The van der Waals surface area contributed by atoms with Crippen molar-refractivity contribution in [1.82, 2.24) is 9.21 Å². The summed E-state index contributed by atoms with van der Waals surface area (Å²) in [4.78, 5) is 11.1. The van der Waals surface area contributed by atoms with Crippen LogP contribution < -0.4 is 0 Å². The molecule has 6 nitrogen and oxygen atoms in total. The Hall–Kier alpha value is -0.660. The molecule has 0 saturated carbocycles. The number of nitrogens with zero attached hydrogens (tertiary/aromatic N) is 2. The predicted molar refractivity (Wildman–Crippen MR) is 68.7 cm³/mol. The fourth-order valence-corrected chi connectivity index (χ4v) is 3.91. The highest BCUT2D eigenvalue weighted by Gasteiger charge is 2.47. The van der Waals surface area contributed by atoms with E-state index >= 15 is 0 Å². The fraction of sp³-hybridized carbons (Fsp3) is 0.909. The van der Waals surface area contributed by atoms with E-state index < -0.39 is 20.9 Å². The highest BCUT2D eigenvalue weighted by molar-refractivity contribution is 7.90. The minimum atomic E-state index is -3.47. The lowest BCUT2D eigenvalue weighted by Crippen LogP contribution is -2.63. The van der Waals surface area contributed by atoms with E-state index in [4.69, 9.17) is 5.11 Å². The van der Waals surface area contributed by atoms with Crippen molar-refractivity contribution in [1.29, 1.82) is 0 Å². The molecule has 0 amide bonds. The van der Waals surface area contributed by atoms with Crippen molar-refractivity contribution in [2.24, 2.45) is 0 Å². The van der Waals surface area contributed by atoms with Gasteiger partial charge < -0.3 is 5.11 Å². The molecule has 1 aliphatic heterocycles. The Morgan fingerprint density at radius 2 is 1.94 bits per heavy atom. The molecule has 7 heteroatoms. The van der Waals surface area contributed by atoms with Crippen LogP contribution in [0.15, 0.2) is 0 Å². The number of unbranched alkanes of at least 4 members (excludes halogenated alkanes) is 1. The summed E-state index contributed by atoms with van der Waals surface area (Å²) in [6.07, 6.45) is 1.76. The summed E-state index contributed by atoms with van der Waals surface area (Å²) in [5, 5.41) is 8.83. The molecule has 0 radical (unpaired) electrons. The van der Waals surface area contributed by atoms with Crippen LogP contribution >= 0.6 is 0 Å². The van der Waals surface area contributed by atoms with E-state index in [-0.39, 0.29) is 6.54 Å². The van der Waals surface area contributed by atoms with E-state index in [0.29, 0.717) is 19.6 Å². The number of aliphatic carboxylic acids is 1. The second-order valence-electron chi connectivity index (χ2n) is 5.02. The number of carbonyl (C=O) groups is 1. The van der Waals surface area contributed by atoms with Gasteiger partial charge in [0.15, 0.2) is 0 Å². The van der Waals surface area contributed by atoms with Crippen LogP contribution in [0.5, 0.6) is 0 Å². The molecule has 0 atom stereocenters. The molecule has 1 heterocycles. The van der Waals surface area contributed by atoms with Gasteiger partial charge in [-0.25, -0.2) is 8.42 Å². The normalized spacial score (nSPS) is 23.9. The van der Waals surface area contributed by atoms with Crippen LogP contribution in [-0.2, 0) is 14.8 Å². The van der Waals surface area contributed by atoms with Crippen LogP contribution in [0.1, 0.15) is 33.6 Å². The number of sulfonamides is 1. The van der Waals surface area contributed by atoms with Gasteiger partial charge in [0, 0.05) is 19.6 Å². The van der Waals surface area contributed by atoms with Gasteiger partial charge in [0.1, 0.15) is 4.87 Å². The number of hydrogen-bond acceptors (Lipinski definition) is 4. The number of rotatable bonds is 5. The van der Waals surface area contributed by atoms with E-state index in [2.05, 4.69) is 0 Å². The Kier molecular flexibility index (Phi) is 4.74. The van der Waals surface area contributed by atoms with Gasteiger partial charge in [0.2, 0.25) is 10.0 Å². The van der Waals surface area contributed by atoms with Crippen molar-refractivity contribution in [3.8, 4) is 0 Å². The Bertz CT molecular complexity index is 405. The van der Waals surface area contributed by atoms with E-state index in [9.17, 15) is 13.2 Å². The van der Waals surface area contributed by atoms with Gasteiger partial charge in [-0.15, -0.1) is 0 Å². The molecule has 0 unspecified atom stereocenters. The van der Waals surface area contributed by atoms with Crippen molar-refractivity contribution < 1.29 is 18.3 Å². The van der Waals surface area contributed by atoms with E-state index in [1.165, 1.54) is 9.21 Å². The van der Waals surface area contributed by atoms with Crippen molar-refractivity contribution >= 4 is 16.0 Å². The van der Waals surface area contributed by atoms with Gasteiger partial charge in [-0.05, 0) is 20.3 Å². The van der Waals surface area contributed by atoms with Crippen LogP contribution in [0.4, 0.5) is 0 Å². The minimum absolute atomic E-state index is 0.242. The Morgan fingerprint density at radius 1 is 1.33 bits per heavy atom. The molecule has 1 rings (SSSR count). The molecular weight excluding hydrogens is 256 g/mol. The molecule has 0 aromatic heterocycles. The molecule has 0 spiro atoms. The number of carboxylic acids is 1. The van der Waals surface area contributed by atoms with E-state index in [1.54, 1.807) is 13.8 Å². The molecule has 1 aliphatic rings. The summed E-state index contributed by atoms with van der Waals surface area (Å²) >= 11 is 0. The monoisotopic (exact) mass is 278 g/mol. The molecule has 0 bridgehead atoms. The zero-order chi connectivity index (χ0) is 14.0. The third kappa shape index (κ3) is 2.84. The molecule has 106 valence electrons. The lowest BCUT2D eigenvalue weighted by atomic mass is 10.3. The Morgan fingerprint density at radius 3 is 2.44 bits per heavy atom.